The molecule has 3 rings (SSSR count). The Morgan fingerprint density at radius 2 is 1.88 bits per heavy atom. The number of carbonyl (C=O) groups is 2. The van der Waals surface area contributed by atoms with Gasteiger partial charge in [-0.2, -0.15) is 0 Å². The van der Waals surface area contributed by atoms with Crippen molar-refractivity contribution in [2.45, 2.75) is 26.3 Å². The van der Waals surface area contributed by atoms with Crippen molar-refractivity contribution in [2.24, 2.45) is 5.92 Å². The van der Waals surface area contributed by atoms with Gasteiger partial charge in [-0.15, -0.1) is 0 Å². The summed E-state index contributed by atoms with van der Waals surface area (Å²) in [5.41, 5.74) is 1.85. The van der Waals surface area contributed by atoms with E-state index in [1.807, 2.05) is 54.6 Å². The maximum atomic E-state index is 12.4. The number of hydrogen-bond donors (Lipinski definition) is 1. The van der Waals surface area contributed by atoms with Crippen LogP contribution in [0.4, 0.5) is 5.69 Å². The number of carbonyl (C=O) groups excluding carboxylic acids is 2. The van der Waals surface area contributed by atoms with Crippen LogP contribution in [0.15, 0.2) is 54.6 Å². The molecule has 0 saturated carbocycles. The van der Waals surface area contributed by atoms with E-state index in [1.54, 1.807) is 4.90 Å². The van der Waals surface area contributed by atoms with Crippen LogP contribution in [-0.2, 0) is 16.1 Å². The van der Waals surface area contributed by atoms with Gasteiger partial charge in [-0.05, 0) is 36.2 Å². The second-order valence-corrected chi connectivity index (χ2v) is 6.45. The molecule has 0 aromatic heterocycles. The fourth-order valence-corrected chi connectivity index (χ4v) is 3.00. The van der Waals surface area contributed by atoms with Crippen LogP contribution >= 0.6 is 0 Å². The Balaban J connectivity index is 1.56. The molecule has 0 radical (unpaired) electrons. The molecule has 1 saturated heterocycles. The molecule has 26 heavy (non-hydrogen) atoms. The van der Waals surface area contributed by atoms with Crippen LogP contribution in [0.2, 0.25) is 0 Å². The molecule has 0 spiro atoms. The summed E-state index contributed by atoms with van der Waals surface area (Å²) in [6, 6.07) is 17.2. The highest BCUT2D eigenvalue weighted by Crippen LogP contribution is 2.27. The second kappa shape index (κ2) is 8.52. The lowest BCUT2D eigenvalue weighted by atomic mass is 10.1. The molecule has 1 N–H and O–H groups in total. The summed E-state index contributed by atoms with van der Waals surface area (Å²) in [5, 5.41) is 2.93. The number of hydrogen-bond acceptors (Lipinski definition) is 3. The van der Waals surface area contributed by atoms with Gasteiger partial charge in [0.05, 0.1) is 12.5 Å². The monoisotopic (exact) mass is 352 g/mol. The average molecular weight is 352 g/mol. The minimum absolute atomic E-state index is 0.0212. The molecule has 0 unspecified atom stereocenters. The highest BCUT2D eigenvalue weighted by atomic mass is 16.5. The number of benzene rings is 2. The van der Waals surface area contributed by atoms with E-state index >= 15 is 0 Å². The summed E-state index contributed by atoms with van der Waals surface area (Å²) in [5.74, 6) is 0.376. The van der Waals surface area contributed by atoms with Gasteiger partial charge >= 0.3 is 0 Å². The average Bonchev–Trinajstić information content (AvgIpc) is 3.07. The van der Waals surface area contributed by atoms with Crippen molar-refractivity contribution in [3.63, 3.8) is 0 Å². The molecule has 5 heteroatoms. The number of anilines is 1. The van der Waals surface area contributed by atoms with Gasteiger partial charge in [0.25, 0.3) is 0 Å². The number of ether oxygens (including phenoxy) is 1. The Morgan fingerprint density at radius 1 is 1.15 bits per heavy atom. The van der Waals surface area contributed by atoms with Crippen molar-refractivity contribution in [1.82, 2.24) is 5.32 Å². The third kappa shape index (κ3) is 4.42. The Hall–Kier alpha value is -2.82. The summed E-state index contributed by atoms with van der Waals surface area (Å²) in [6.45, 7) is 3.62. The third-order valence-corrected chi connectivity index (χ3v) is 4.43. The zero-order chi connectivity index (χ0) is 18.4. The molecular weight excluding hydrogens is 328 g/mol. The molecule has 2 aromatic rings. The lowest BCUT2D eigenvalue weighted by Crippen LogP contribution is -2.32. The lowest BCUT2D eigenvalue weighted by Gasteiger charge is -2.17. The maximum Gasteiger partial charge on any atom is 0.227 e. The van der Waals surface area contributed by atoms with E-state index in [-0.39, 0.29) is 24.2 Å². The summed E-state index contributed by atoms with van der Waals surface area (Å²) >= 11 is 0. The first kappa shape index (κ1) is 18.0. The Labute approximate surface area is 154 Å². The van der Waals surface area contributed by atoms with Gasteiger partial charge < -0.3 is 15.0 Å². The summed E-state index contributed by atoms with van der Waals surface area (Å²) < 4.78 is 5.57. The second-order valence-electron chi connectivity index (χ2n) is 6.45. The molecule has 1 atom stereocenters. The Kier molecular flexibility index (Phi) is 5.89. The number of nitrogens with one attached hydrogen (secondary N) is 1. The summed E-state index contributed by atoms with van der Waals surface area (Å²) in [7, 11) is 0. The van der Waals surface area contributed by atoms with Crippen molar-refractivity contribution in [2.75, 3.05) is 18.1 Å². The molecule has 1 aliphatic rings. The smallest absolute Gasteiger partial charge is 0.227 e. The van der Waals surface area contributed by atoms with E-state index in [2.05, 4.69) is 12.2 Å². The van der Waals surface area contributed by atoms with E-state index in [0.29, 0.717) is 19.7 Å². The van der Waals surface area contributed by atoms with Crippen molar-refractivity contribution >= 4 is 17.5 Å². The van der Waals surface area contributed by atoms with Gasteiger partial charge in [0.1, 0.15) is 5.75 Å². The molecule has 136 valence electrons. The predicted octanol–water partition coefficient (Wildman–Crippen LogP) is 3.14. The van der Waals surface area contributed by atoms with Gasteiger partial charge in [-0.25, -0.2) is 0 Å². The van der Waals surface area contributed by atoms with Gasteiger partial charge in [0.2, 0.25) is 11.8 Å². The van der Waals surface area contributed by atoms with E-state index in [0.717, 1.165) is 23.4 Å². The number of amides is 2. The number of rotatable bonds is 7. The zero-order valence-electron chi connectivity index (χ0n) is 15.0. The molecule has 5 nitrogen and oxygen atoms in total. The first-order valence-electron chi connectivity index (χ1n) is 9.02. The molecule has 1 heterocycles. The highest BCUT2D eigenvalue weighted by Gasteiger charge is 2.34. The van der Waals surface area contributed by atoms with Gasteiger partial charge in [-0.3, -0.25) is 9.59 Å². The standard InChI is InChI=1S/C21H24N2O3/c1-2-12-26-19-10-8-18(9-11-19)23-15-17(13-20(23)24)21(25)22-14-16-6-4-3-5-7-16/h3-11,17H,2,12-15H2,1H3,(H,22,25)/t17-/m1/s1. The summed E-state index contributed by atoms with van der Waals surface area (Å²) in [6.07, 6.45) is 1.20. The van der Waals surface area contributed by atoms with Crippen molar-refractivity contribution < 1.29 is 14.3 Å². The molecule has 1 fully saturated rings. The molecule has 0 bridgehead atoms. The molecular formula is C21H24N2O3. The van der Waals surface area contributed by atoms with Crippen LogP contribution < -0.4 is 15.0 Å². The van der Waals surface area contributed by atoms with Crippen LogP contribution in [0.5, 0.6) is 5.75 Å². The third-order valence-electron chi connectivity index (χ3n) is 4.43. The van der Waals surface area contributed by atoms with Crippen molar-refractivity contribution in [3.05, 3.63) is 60.2 Å². The topological polar surface area (TPSA) is 58.6 Å². The molecule has 2 aromatic carbocycles. The van der Waals surface area contributed by atoms with Crippen LogP contribution in [-0.4, -0.2) is 25.0 Å². The molecule has 2 amide bonds. The minimum atomic E-state index is -0.317. The van der Waals surface area contributed by atoms with E-state index in [4.69, 9.17) is 4.74 Å². The van der Waals surface area contributed by atoms with Crippen LogP contribution in [0, 0.1) is 5.92 Å². The number of nitrogens with zero attached hydrogens (tertiary/aromatic N) is 1. The van der Waals surface area contributed by atoms with E-state index in [1.165, 1.54) is 0 Å². The van der Waals surface area contributed by atoms with Gasteiger partial charge in [-0.1, -0.05) is 37.3 Å². The van der Waals surface area contributed by atoms with Crippen LogP contribution in [0.3, 0.4) is 0 Å². The Morgan fingerprint density at radius 3 is 2.58 bits per heavy atom. The minimum Gasteiger partial charge on any atom is -0.494 e. The zero-order valence-corrected chi connectivity index (χ0v) is 15.0. The fraction of sp³-hybridized carbons (Fsp3) is 0.333. The first-order chi connectivity index (χ1) is 12.7. The largest absolute Gasteiger partial charge is 0.494 e. The highest BCUT2D eigenvalue weighted by molar-refractivity contribution is 6.00. The predicted molar refractivity (Wildman–Crippen MR) is 101 cm³/mol. The van der Waals surface area contributed by atoms with Gasteiger partial charge in [0.15, 0.2) is 0 Å². The normalized spacial score (nSPS) is 16.6. The van der Waals surface area contributed by atoms with Gasteiger partial charge in [0, 0.05) is 25.2 Å². The SMILES string of the molecule is CCCOc1ccc(N2C[C@H](C(=O)NCc3ccccc3)CC2=O)cc1. The fourth-order valence-electron chi connectivity index (χ4n) is 3.00. The maximum absolute atomic E-state index is 12.4. The Bertz CT molecular complexity index is 744. The van der Waals surface area contributed by atoms with Crippen LogP contribution in [0.25, 0.3) is 0 Å². The van der Waals surface area contributed by atoms with Crippen LogP contribution in [0.1, 0.15) is 25.3 Å². The quantitative estimate of drug-likeness (QED) is 0.833. The van der Waals surface area contributed by atoms with Crippen molar-refractivity contribution in [3.8, 4) is 5.75 Å². The lowest BCUT2D eigenvalue weighted by molar-refractivity contribution is -0.126. The van der Waals surface area contributed by atoms with Crippen molar-refractivity contribution in [1.29, 1.82) is 0 Å². The van der Waals surface area contributed by atoms with E-state index < -0.39 is 0 Å². The molecule has 0 aliphatic carbocycles. The molecule has 1 aliphatic heterocycles. The van der Waals surface area contributed by atoms with E-state index in [9.17, 15) is 9.59 Å². The summed E-state index contributed by atoms with van der Waals surface area (Å²) in [4.78, 5) is 26.4. The first-order valence-corrected chi connectivity index (χ1v) is 9.02.